The van der Waals surface area contributed by atoms with Gasteiger partial charge in [-0.25, -0.2) is 0 Å². The maximum Gasteiger partial charge on any atom is 0.251 e. The van der Waals surface area contributed by atoms with Crippen molar-refractivity contribution in [1.29, 1.82) is 0 Å². The Bertz CT molecular complexity index is 922. The van der Waals surface area contributed by atoms with Crippen molar-refractivity contribution in [3.05, 3.63) is 65.2 Å². The molecule has 2 aromatic carbocycles. The van der Waals surface area contributed by atoms with Crippen molar-refractivity contribution in [2.75, 3.05) is 26.7 Å². The molecule has 1 fully saturated rings. The predicted molar refractivity (Wildman–Crippen MR) is 127 cm³/mol. The number of rotatable bonds is 9. The largest absolute Gasteiger partial charge is 0.496 e. The van der Waals surface area contributed by atoms with Crippen molar-refractivity contribution >= 4 is 11.8 Å². The van der Waals surface area contributed by atoms with E-state index in [1.807, 2.05) is 57.2 Å². The van der Waals surface area contributed by atoms with Gasteiger partial charge in [0.15, 0.2) is 0 Å². The van der Waals surface area contributed by atoms with Gasteiger partial charge in [0.1, 0.15) is 11.8 Å². The minimum Gasteiger partial charge on any atom is -0.496 e. The summed E-state index contributed by atoms with van der Waals surface area (Å²) in [6, 6.07) is 14.8. The molecular formula is C26H35N3O3. The number of ether oxygens (including phenoxy) is 1. The molecule has 1 heterocycles. The Labute approximate surface area is 191 Å². The molecule has 0 radical (unpaired) electrons. The van der Waals surface area contributed by atoms with E-state index in [-0.39, 0.29) is 23.8 Å². The Balaban J connectivity index is 1.72. The number of para-hydroxylation sites is 1. The highest BCUT2D eigenvalue weighted by Gasteiger charge is 2.29. The van der Waals surface area contributed by atoms with Crippen LogP contribution in [0.15, 0.2) is 48.5 Å². The second-order valence-corrected chi connectivity index (χ2v) is 8.81. The molecule has 6 nitrogen and oxygen atoms in total. The number of carbonyl (C=O) groups is 2. The molecule has 172 valence electrons. The van der Waals surface area contributed by atoms with Crippen LogP contribution in [-0.4, -0.2) is 49.5 Å². The summed E-state index contributed by atoms with van der Waals surface area (Å²) in [5, 5.41) is 6.03. The van der Waals surface area contributed by atoms with Crippen molar-refractivity contribution in [1.82, 2.24) is 15.5 Å². The lowest BCUT2D eigenvalue weighted by molar-refractivity contribution is -0.124. The first-order valence-electron chi connectivity index (χ1n) is 11.4. The van der Waals surface area contributed by atoms with Crippen molar-refractivity contribution in [2.24, 2.45) is 5.92 Å². The van der Waals surface area contributed by atoms with E-state index in [1.165, 1.54) is 0 Å². The van der Waals surface area contributed by atoms with Crippen LogP contribution in [0.4, 0.5) is 0 Å². The number of methoxy groups -OCH3 is 1. The van der Waals surface area contributed by atoms with Gasteiger partial charge in [-0.2, -0.15) is 0 Å². The van der Waals surface area contributed by atoms with Gasteiger partial charge in [0.25, 0.3) is 5.91 Å². The summed E-state index contributed by atoms with van der Waals surface area (Å²) < 4.78 is 5.59. The number of carbonyl (C=O) groups excluding carboxylic acids is 2. The van der Waals surface area contributed by atoms with Gasteiger partial charge in [-0.15, -0.1) is 0 Å². The van der Waals surface area contributed by atoms with Crippen LogP contribution in [0.3, 0.4) is 0 Å². The van der Waals surface area contributed by atoms with Gasteiger partial charge in [-0.05, 0) is 57.0 Å². The monoisotopic (exact) mass is 437 g/mol. The van der Waals surface area contributed by atoms with Crippen molar-refractivity contribution in [2.45, 2.75) is 45.7 Å². The highest BCUT2D eigenvalue weighted by atomic mass is 16.5. The summed E-state index contributed by atoms with van der Waals surface area (Å²) in [4.78, 5) is 28.3. The van der Waals surface area contributed by atoms with Gasteiger partial charge in [0.05, 0.1) is 13.2 Å². The van der Waals surface area contributed by atoms with Crippen LogP contribution in [0, 0.1) is 12.8 Å². The van der Waals surface area contributed by atoms with Crippen LogP contribution in [0.2, 0.25) is 0 Å². The Morgan fingerprint density at radius 1 is 1.06 bits per heavy atom. The quantitative estimate of drug-likeness (QED) is 0.627. The molecule has 0 spiro atoms. The minimum absolute atomic E-state index is 0.0258. The molecule has 2 unspecified atom stereocenters. The topological polar surface area (TPSA) is 70.7 Å². The molecule has 1 aliphatic heterocycles. The van der Waals surface area contributed by atoms with Crippen molar-refractivity contribution in [3.63, 3.8) is 0 Å². The summed E-state index contributed by atoms with van der Waals surface area (Å²) in [6.07, 6.45) is 2.31. The van der Waals surface area contributed by atoms with Gasteiger partial charge in [0.2, 0.25) is 5.91 Å². The number of hydrogen-bond donors (Lipinski definition) is 2. The molecule has 1 saturated heterocycles. The standard InChI is InChI=1S/C26H35N3O3/c1-18(2)24(28-25(30)20-11-9-10-19(3)16-20)26(31)27-17-22(29-14-7-8-15-29)21-12-5-6-13-23(21)32-4/h5-6,9-13,16,18,22,24H,7-8,14-15,17H2,1-4H3,(H,27,31)(H,28,30). The third kappa shape index (κ3) is 5.88. The van der Waals surface area contributed by atoms with Gasteiger partial charge < -0.3 is 15.4 Å². The number of hydrogen-bond acceptors (Lipinski definition) is 4. The van der Waals surface area contributed by atoms with E-state index in [4.69, 9.17) is 4.74 Å². The highest BCUT2D eigenvalue weighted by Crippen LogP contribution is 2.31. The number of benzene rings is 2. The van der Waals surface area contributed by atoms with E-state index in [0.29, 0.717) is 12.1 Å². The second kappa shape index (κ2) is 11.1. The summed E-state index contributed by atoms with van der Waals surface area (Å²) in [5.74, 6) is 0.385. The molecule has 3 rings (SSSR count). The van der Waals surface area contributed by atoms with E-state index < -0.39 is 6.04 Å². The molecule has 0 aliphatic carbocycles. The van der Waals surface area contributed by atoms with Crippen LogP contribution < -0.4 is 15.4 Å². The Morgan fingerprint density at radius 3 is 2.44 bits per heavy atom. The summed E-state index contributed by atoms with van der Waals surface area (Å²) in [6.45, 7) is 8.28. The van der Waals surface area contributed by atoms with Crippen LogP contribution in [0.1, 0.15) is 54.2 Å². The van der Waals surface area contributed by atoms with E-state index in [1.54, 1.807) is 13.2 Å². The first-order chi connectivity index (χ1) is 15.4. The molecule has 6 heteroatoms. The number of aryl methyl sites for hydroxylation is 1. The lowest BCUT2D eigenvalue weighted by Gasteiger charge is -2.30. The predicted octanol–water partition coefficient (Wildman–Crippen LogP) is 3.71. The number of nitrogens with zero attached hydrogens (tertiary/aromatic N) is 1. The third-order valence-electron chi connectivity index (χ3n) is 6.06. The maximum atomic E-state index is 13.1. The number of nitrogens with one attached hydrogen (secondary N) is 2. The van der Waals surface area contributed by atoms with E-state index in [2.05, 4.69) is 21.6 Å². The normalized spacial score (nSPS) is 15.9. The van der Waals surface area contributed by atoms with Gasteiger partial charge in [-0.1, -0.05) is 49.7 Å². The highest BCUT2D eigenvalue weighted by molar-refractivity contribution is 5.97. The zero-order valence-electron chi connectivity index (χ0n) is 19.6. The van der Waals surface area contributed by atoms with Gasteiger partial charge in [0, 0.05) is 17.7 Å². The SMILES string of the molecule is COc1ccccc1C(CNC(=O)C(NC(=O)c1cccc(C)c1)C(C)C)N1CCCC1. The molecule has 0 bridgehead atoms. The van der Waals surface area contributed by atoms with E-state index in [0.717, 1.165) is 42.8 Å². The number of amides is 2. The van der Waals surface area contributed by atoms with Crippen molar-refractivity contribution in [3.8, 4) is 5.75 Å². The second-order valence-electron chi connectivity index (χ2n) is 8.81. The van der Waals surface area contributed by atoms with Crippen LogP contribution in [0.5, 0.6) is 5.75 Å². The van der Waals surface area contributed by atoms with Gasteiger partial charge in [-0.3, -0.25) is 14.5 Å². The molecule has 1 aliphatic rings. The fourth-order valence-electron chi connectivity index (χ4n) is 4.28. The number of likely N-dealkylation sites (tertiary alicyclic amines) is 1. The Kier molecular flexibility index (Phi) is 8.28. The lowest BCUT2D eigenvalue weighted by Crippen LogP contribution is -2.51. The first-order valence-corrected chi connectivity index (χ1v) is 11.4. The van der Waals surface area contributed by atoms with E-state index >= 15 is 0 Å². The molecule has 2 N–H and O–H groups in total. The summed E-state index contributed by atoms with van der Waals surface area (Å²) >= 11 is 0. The van der Waals surface area contributed by atoms with Gasteiger partial charge >= 0.3 is 0 Å². The minimum atomic E-state index is -0.611. The van der Waals surface area contributed by atoms with Crippen molar-refractivity contribution < 1.29 is 14.3 Å². The molecule has 2 atom stereocenters. The first kappa shape index (κ1) is 23.8. The fourth-order valence-corrected chi connectivity index (χ4v) is 4.28. The average molecular weight is 438 g/mol. The summed E-state index contributed by atoms with van der Waals surface area (Å²) in [5.41, 5.74) is 2.64. The summed E-state index contributed by atoms with van der Waals surface area (Å²) in [7, 11) is 1.67. The average Bonchev–Trinajstić information content (AvgIpc) is 3.32. The zero-order valence-corrected chi connectivity index (χ0v) is 19.6. The third-order valence-corrected chi connectivity index (χ3v) is 6.06. The fraction of sp³-hybridized carbons (Fsp3) is 0.462. The molecular weight excluding hydrogens is 402 g/mol. The molecule has 2 amide bonds. The zero-order chi connectivity index (χ0) is 23.1. The van der Waals surface area contributed by atoms with E-state index in [9.17, 15) is 9.59 Å². The molecule has 0 aromatic heterocycles. The lowest BCUT2D eigenvalue weighted by atomic mass is 10.0. The Hall–Kier alpha value is -2.86. The smallest absolute Gasteiger partial charge is 0.251 e. The molecule has 2 aromatic rings. The maximum absolute atomic E-state index is 13.1. The van der Waals surface area contributed by atoms with Crippen LogP contribution in [-0.2, 0) is 4.79 Å². The van der Waals surface area contributed by atoms with Crippen LogP contribution in [0.25, 0.3) is 0 Å². The molecule has 32 heavy (non-hydrogen) atoms. The van der Waals surface area contributed by atoms with Crippen LogP contribution >= 0.6 is 0 Å². The Morgan fingerprint density at radius 2 is 1.78 bits per heavy atom. The molecule has 0 saturated carbocycles.